The Balaban J connectivity index is 2.68. The van der Waals surface area contributed by atoms with Gasteiger partial charge in [-0.05, 0) is 19.4 Å². The van der Waals surface area contributed by atoms with Crippen molar-refractivity contribution in [2.45, 2.75) is 13.8 Å². The van der Waals surface area contributed by atoms with Crippen LogP contribution in [0.4, 0.5) is 0 Å². The molecule has 0 bridgehead atoms. The molecule has 1 aromatic heterocycles. The third-order valence-electron chi connectivity index (χ3n) is 3.12. The quantitative estimate of drug-likeness (QED) is 0.878. The summed E-state index contributed by atoms with van der Waals surface area (Å²) < 4.78 is 9.87. The van der Waals surface area contributed by atoms with Crippen LogP contribution in [-0.2, 0) is 9.47 Å². The van der Waals surface area contributed by atoms with E-state index in [0.29, 0.717) is 16.8 Å². The molecule has 2 aromatic rings. The number of aromatic amines is 1. The van der Waals surface area contributed by atoms with Crippen molar-refractivity contribution >= 4 is 11.9 Å². The first-order chi connectivity index (χ1) is 10.1. The highest BCUT2D eigenvalue weighted by Crippen LogP contribution is 2.31. The Labute approximate surface area is 122 Å². The topological polar surface area (TPSA) is 68.4 Å². The highest BCUT2D eigenvalue weighted by atomic mass is 16.5. The molecule has 0 aliphatic carbocycles. The minimum Gasteiger partial charge on any atom is -0.464 e. The van der Waals surface area contributed by atoms with E-state index in [1.54, 1.807) is 13.8 Å². The summed E-state index contributed by atoms with van der Waals surface area (Å²) in [5.74, 6) is -0.979. The van der Waals surface area contributed by atoms with Crippen molar-refractivity contribution in [2.24, 2.45) is 0 Å². The van der Waals surface area contributed by atoms with Crippen molar-refractivity contribution in [2.75, 3.05) is 13.7 Å². The van der Waals surface area contributed by atoms with Gasteiger partial charge in [-0.25, -0.2) is 9.59 Å². The van der Waals surface area contributed by atoms with E-state index in [4.69, 9.17) is 9.47 Å². The number of aryl methyl sites for hydroxylation is 1. The van der Waals surface area contributed by atoms with Crippen LogP contribution < -0.4 is 0 Å². The van der Waals surface area contributed by atoms with E-state index in [0.717, 1.165) is 5.56 Å². The molecule has 21 heavy (non-hydrogen) atoms. The van der Waals surface area contributed by atoms with Gasteiger partial charge in [-0.3, -0.25) is 0 Å². The van der Waals surface area contributed by atoms with E-state index in [9.17, 15) is 9.59 Å². The predicted octanol–water partition coefficient (Wildman–Crippen LogP) is 2.95. The second kappa shape index (κ2) is 6.26. The first kappa shape index (κ1) is 14.8. The number of methoxy groups -OCH3 is 1. The molecule has 0 saturated heterocycles. The maximum Gasteiger partial charge on any atom is 0.355 e. The van der Waals surface area contributed by atoms with Gasteiger partial charge < -0.3 is 14.5 Å². The minimum atomic E-state index is -0.521. The van der Waals surface area contributed by atoms with Gasteiger partial charge in [0.2, 0.25) is 0 Å². The molecule has 0 aliphatic rings. The lowest BCUT2D eigenvalue weighted by molar-refractivity contribution is 0.0526. The molecule has 1 aromatic carbocycles. The van der Waals surface area contributed by atoms with Crippen LogP contribution in [0.2, 0.25) is 0 Å². The number of benzene rings is 1. The van der Waals surface area contributed by atoms with Crippen molar-refractivity contribution in [1.29, 1.82) is 0 Å². The van der Waals surface area contributed by atoms with E-state index >= 15 is 0 Å². The zero-order chi connectivity index (χ0) is 15.4. The lowest BCUT2D eigenvalue weighted by atomic mass is 10.00. The molecule has 1 N–H and O–H groups in total. The number of carbonyl (C=O) groups is 2. The van der Waals surface area contributed by atoms with Crippen LogP contribution in [0.3, 0.4) is 0 Å². The van der Waals surface area contributed by atoms with Crippen LogP contribution in [0, 0.1) is 6.92 Å². The lowest BCUT2D eigenvalue weighted by Crippen LogP contribution is -2.08. The van der Waals surface area contributed by atoms with Gasteiger partial charge in [-0.1, -0.05) is 30.3 Å². The standard InChI is InChI=1S/C16H17NO4/c1-4-21-15(18)12-10(2)17-14(16(19)20-3)13(12)11-8-6-5-7-9-11/h5-9,17H,4H2,1-3H3. The maximum absolute atomic E-state index is 12.2. The number of hydrogen-bond acceptors (Lipinski definition) is 4. The SMILES string of the molecule is CCOC(=O)c1c(C)[nH]c(C(=O)OC)c1-c1ccccc1. The first-order valence-electron chi connectivity index (χ1n) is 6.63. The lowest BCUT2D eigenvalue weighted by Gasteiger charge is -2.07. The van der Waals surface area contributed by atoms with Crippen molar-refractivity contribution in [1.82, 2.24) is 4.98 Å². The number of rotatable bonds is 4. The van der Waals surface area contributed by atoms with Gasteiger partial charge >= 0.3 is 11.9 Å². The van der Waals surface area contributed by atoms with Gasteiger partial charge in [-0.15, -0.1) is 0 Å². The van der Waals surface area contributed by atoms with E-state index in [-0.39, 0.29) is 12.3 Å². The molecule has 2 rings (SSSR count). The van der Waals surface area contributed by atoms with Crippen LogP contribution in [0.15, 0.2) is 30.3 Å². The third-order valence-corrected chi connectivity index (χ3v) is 3.12. The average molecular weight is 287 g/mol. The molecule has 5 heteroatoms. The summed E-state index contributed by atoms with van der Waals surface area (Å²) in [5.41, 5.74) is 2.46. The summed E-state index contributed by atoms with van der Waals surface area (Å²) in [6.45, 7) is 3.74. The number of carbonyl (C=O) groups excluding carboxylic acids is 2. The van der Waals surface area contributed by atoms with Crippen LogP contribution in [0.25, 0.3) is 11.1 Å². The molecule has 0 radical (unpaired) electrons. The van der Waals surface area contributed by atoms with Crippen molar-refractivity contribution in [3.05, 3.63) is 47.3 Å². The Kier molecular flexibility index (Phi) is 4.42. The fourth-order valence-electron chi connectivity index (χ4n) is 2.23. The molecule has 1 heterocycles. The van der Waals surface area contributed by atoms with Crippen molar-refractivity contribution in [3.8, 4) is 11.1 Å². The first-order valence-corrected chi connectivity index (χ1v) is 6.63. The zero-order valence-electron chi connectivity index (χ0n) is 12.2. The second-order valence-corrected chi connectivity index (χ2v) is 4.45. The molecule has 0 aliphatic heterocycles. The van der Waals surface area contributed by atoms with Gasteiger partial charge in [0, 0.05) is 11.3 Å². The number of H-pyrrole nitrogens is 1. The molecule has 0 saturated carbocycles. The van der Waals surface area contributed by atoms with Crippen LogP contribution >= 0.6 is 0 Å². The Morgan fingerprint density at radius 1 is 1.14 bits per heavy atom. The molecule has 0 unspecified atom stereocenters. The van der Waals surface area contributed by atoms with Crippen molar-refractivity contribution < 1.29 is 19.1 Å². The Morgan fingerprint density at radius 3 is 2.38 bits per heavy atom. The highest BCUT2D eigenvalue weighted by molar-refractivity contribution is 6.06. The van der Waals surface area contributed by atoms with Gasteiger partial charge in [0.15, 0.2) is 0 Å². The summed E-state index contributed by atoms with van der Waals surface area (Å²) in [4.78, 5) is 27.1. The monoisotopic (exact) mass is 287 g/mol. The van der Waals surface area contributed by atoms with Gasteiger partial charge in [0.05, 0.1) is 19.3 Å². The normalized spacial score (nSPS) is 10.2. The van der Waals surface area contributed by atoms with Gasteiger partial charge in [0.25, 0.3) is 0 Å². The van der Waals surface area contributed by atoms with E-state index in [1.165, 1.54) is 7.11 Å². The fourth-order valence-corrected chi connectivity index (χ4v) is 2.23. The smallest absolute Gasteiger partial charge is 0.355 e. The summed E-state index contributed by atoms with van der Waals surface area (Å²) in [6, 6.07) is 9.21. The molecular formula is C16H17NO4. The summed E-state index contributed by atoms with van der Waals surface area (Å²) in [6.07, 6.45) is 0. The summed E-state index contributed by atoms with van der Waals surface area (Å²) in [7, 11) is 1.30. The second-order valence-electron chi connectivity index (χ2n) is 4.45. The molecule has 0 amide bonds. The summed E-state index contributed by atoms with van der Waals surface area (Å²) >= 11 is 0. The highest BCUT2D eigenvalue weighted by Gasteiger charge is 2.26. The van der Waals surface area contributed by atoms with Crippen LogP contribution in [-0.4, -0.2) is 30.6 Å². The van der Waals surface area contributed by atoms with Gasteiger partial charge in [-0.2, -0.15) is 0 Å². The zero-order valence-corrected chi connectivity index (χ0v) is 12.2. The maximum atomic E-state index is 12.2. The van der Waals surface area contributed by atoms with Gasteiger partial charge in [0.1, 0.15) is 5.69 Å². The number of ether oxygens (including phenoxy) is 2. The Bertz CT molecular complexity index is 658. The van der Waals surface area contributed by atoms with Crippen LogP contribution in [0.5, 0.6) is 0 Å². The van der Waals surface area contributed by atoms with E-state index in [2.05, 4.69) is 4.98 Å². The Morgan fingerprint density at radius 2 is 1.81 bits per heavy atom. The number of hydrogen-bond donors (Lipinski definition) is 1. The van der Waals surface area contributed by atoms with E-state index < -0.39 is 11.9 Å². The summed E-state index contributed by atoms with van der Waals surface area (Å²) in [5, 5.41) is 0. The molecule has 5 nitrogen and oxygen atoms in total. The van der Waals surface area contributed by atoms with E-state index in [1.807, 2.05) is 30.3 Å². The molecule has 110 valence electrons. The molecular weight excluding hydrogens is 270 g/mol. The largest absolute Gasteiger partial charge is 0.464 e. The number of esters is 2. The third kappa shape index (κ3) is 2.81. The molecule has 0 atom stereocenters. The predicted molar refractivity (Wildman–Crippen MR) is 78.3 cm³/mol. The Hall–Kier alpha value is -2.56. The fraction of sp³-hybridized carbons (Fsp3) is 0.250. The number of nitrogens with one attached hydrogen (secondary N) is 1. The minimum absolute atomic E-state index is 0.254. The molecule has 0 fully saturated rings. The molecule has 0 spiro atoms. The number of aromatic nitrogens is 1. The average Bonchev–Trinajstić information content (AvgIpc) is 2.85. The van der Waals surface area contributed by atoms with Crippen molar-refractivity contribution in [3.63, 3.8) is 0 Å². The van der Waals surface area contributed by atoms with Crippen LogP contribution in [0.1, 0.15) is 33.5 Å².